The molecule has 0 aromatic heterocycles. The highest BCUT2D eigenvalue weighted by Crippen LogP contribution is 2.33. The number of nitrogens with one attached hydrogen (secondary N) is 2. The van der Waals surface area contributed by atoms with E-state index in [9.17, 15) is 23.3 Å². The van der Waals surface area contributed by atoms with Gasteiger partial charge in [-0.1, -0.05) is 18.2 Å². The molecule has 0 aliphatic carbocycles. The van der Waals surface area contributed by atoms with Gasteiger partial charge in [0.1, 0.15) is 13.2 Å². The summed E-state index contributed by atoms with van der Waals surface area (Å²) in [5.74, 6) is 0.133. The Balaban J connectivity index is 1.59. The second-order valence-electron chi connectivity index (χ2n) is 6.72. The lowest BCUT2D eigenvalue weighted by Gasteiger charge is -2.19. The van der Waals surface area contributed by atoms with E-state index in [0.29, 0.717) is 24.7 Å². The van der Waals surface area contributed by atoms with Crippen LogP contribution in [0.3, 0.4) is 0 Å². The first-order chi connectivity index (χ1) is 15.3. The number of hydrogen-bond donors (Lipinski definition) is 2. The second-order valence-corrected chi connectivity index (χ2v) is 8.40. The lowest BCUT2D eigenvalue weighted by atomic mass is 10.1. The third kappa shape index (κ3) is 4.47. The highest BCUT2D eigenvalue weighted by Gasteiger charge is 2.22. The summed E-state index contributed by atoms with van der Waals surface area (Å²) < 4.78 is 39.1. The molecule has 164 valence electrons. The summed E-state index contributed by atoms with van der Waals surface area (Å²) in [6.45, 7) is 0.689. The fourth-order valence-corrected chi connectivity index (χ4v) is 4.16. The van der Waals surface area contributed by atoms with Crippen molar-refractivity contribution in [1.29, 1.82) is 0 Å². The minimum absolute atomic E-state index is 0.0418. The fourth-order valence-electron chi connectivity index (χ4n) is 3.06. The molecule has 3 aromatic carbocycles. The van der Waals surface area contributed by atoms with Crippen molar-refractivity contribution < 1.29 is 27.6 Å². The second kappa shape index (κ2) is 8.55. The molecule has 3 aromatic rings. The van der Waals surface area contributed by atoms with Gasteiger partial charge in [0, 0.05) is 23.9 Å². The van der Waals surface area contributed by atoms with Crippen LogP contribution in [-0.2, 0) is 10.0 Å². The van der Waals surface area contributed by atoms with Crippen LogP contribution in [0.2, 0.25) is 0 Å². The molecule has 0 atom stereocenters. The van der Waals surface area contributed by atoms with Crippen LogP contribution in [-0.4, -0.2) is 32.5 Å². The summed E-state index contributed by atoms with van der Waals surface area (Å²) in [6, 6.07) is 15.7. The molecule has 11 heteroatoms. The van der Waals surface area contributed by atoms with Crippen molar-refractivity contribution in [3.63, 3.8) is 0 Å². The zero-order valence-corrected chi connectivity index (χ0v) is 17.3. The normalized spacial score (nSPS) is 12.6. The monoisotopic (exact) mass is 455 g/mol. The van der Waals surface area contributed by atoms with Gasteiger partial charge in [0.05, 0.1) is 21.1 Å². The Labute approximate surface area is 183 Å². The number of fused-ring (bicyclic) bond motifs is 1. The molecule has 1 heterocycles. The summed E-state index contributed by atoms with van der Waals surface area (Å²) in [5, 5.41) is 13.5. The molecule has 2 N–H and O–H groups in total. The fraction of sp³-hybridized carbons (Fsp3) is 0.0952. The number of carbonyl (C=O) groups is 1. The first kappa shape index (κ1) is 21.1. The zero-order chi connectivity index (χ0) is 22.7. The van der Waals surface area contributed by atoms with Crippen LogP contribution in [0.1, 0.15) is 10.4 Å². The molecule has 1 aliphatic heterocycles. The molecule has 32 heavy (non-hydrogen) atoms. The first-order valence-electron chi connectivity index (χ1n) is 9.41. The number of hydrogen-bond acceptors (Lipinski definition) is 7. The zero-order valence-electron chi connectivity index (χ0n) is 16.5. The highest BCUT2D eigenvalue weighted by molar-refractivity contribution is 7.92. The average molecular weight is 455 g/mol. The predicted molar refractivity (Wildman–Crippen MR) is 116 cm³/mol. The molecule has 0 radical (unpaired) electrons. The molecule has 0 bridgehead atoms. The summed E-state index contributed by atoms with van der Waals surface area (Å²) in [4.78, 5) is 23.1. The van der Waals surface area contributed by atoms with Crippen LogP contribution in [0, 0.1) is 10.1 Å². The van der Waals surface area contributed by atoms with Crippen LogP contribution in [0.4, 0.5) is 17.1 Å². The van der Waals surface area contributed by atoms with E-state index in [-0.39, 0.29) is 27.5 Å². The quantitative estimate of drug-likeness (QED) is 0.429. The molecule has 0 spiro atoms. The Morgan fingerprint density at radius 2 is 1.69 bits per heavy atom. The van der Waals surface area contributed by atoms with Gasteiger partial charge >= 0.3 is 0 Å². The minimum atomic E-state index is -4.05. The van der Waals surface area contributed by atoms with Crippen molar-refractivity contribution in [2.45, 2.75) is 4.90 Å². The number of nitro groups is 1. The first-order valence-corrected chi connectivity index (χ1v) is 10.9. The van der Waals surface area contributed by atoms with E-state index in [1.54, 1.807) is 12.1 Å². The molecular weight excluding hydrogens is 438 g/mol. The lowest BCUT2D eigenvalue weighted by Crippen LogP contribution is -2.19. The van der Waals surface area contributed by atoms with Crippen molar-refractivity contribution >= 4 is 33.0 Å². The Kier molecular flexibility index (Phi) is 5.65. The molecule has 1 amide bonds. The van der Waals surface area contributed by atoms with Crippen molar-refractivity contribution in [1.82, 2.24) is 0 Å². The molecule has 10 nitrogen and oxygen atoms in total. The number of non-ortho nitro benzene ring substituents is 1. The standard InChI is InChI=1S/C21H17N3O7S/c25-21(22-14-4-3-5-15(12-14)24(26)27)17-6-1-2-7-18(17)23-32(28,29)16-8-9-19-20(13-16)31-11-10-30-19/h1-9,12-13,23H,10-11H2,(H,22,25). The number of benzene rings is 3. The maximum Gasteiger partial charge on any atom is 0.271 e. The van der Waals surface area contributed by atoms with Gasteiger partial charge in [0.15, 0.2) is 11.5 Å². The van der Waals surface area contributed by atoms with Crippen LogP contribution < -0.4 is 19.5 Å². The van der Waals surface area contributed by atoms with Gasteiger partial charge in [-0.05, 0) is 30.3 Å². The number of nitrogens with zero attached hydrogens (tertiary/aromatic N) is 1. The topological polar surface area (TPSA) is 137 Å². The van der Waals surface area contributed by atoms with Crippen LogP contribution in [0.15, 0.2) is 71.6 Å². The number of ether oxygens (including phenoxy) is 2. The smallest absolute Gasteiger partial charge is 0.271 e. The molecule has 1 aliphatic rings. The van der Waals surface area contributed by atoms with E-state index in [4.69, 9.17) is 9.47 Å². The summed E-state index contributed by atoms with van der Waals surface area (Å²) in [7, 11) is -4.05. The van der Waals surface area contributed by atoms with Crippen LogP contribution in [0.5, 0.6) is 11.5 Å². The molecule has 0 fully saturated rings. The Morgan fingerprint density at radius 3 is 2.47 bits per heavy atom. The van der Waals surface area contributed by atoms with Gasteiger partial charge in [-0.25, -0.2) is 8.42 Å². The average Bonchev–Trinajstić information content (AvgIpc) is 2.79. The van der Waals surface area contributed by atoms with Crippen molar-refractivity contribution in [2.75, 3.05) is 23.3 Å². The lowest BCUT2D eigenvalue weighted by molar-refractivity contribution is -0.384. The Hall–Kier alpha value is -4.12. The third-order valence-corrected chi connectivity index (χ3v) is 5.92. The van der Waals surface area contributed by atoms with Gasteiger partial charge < -0.3 is 14.8 Å². The van der Waals surface area contributed by atoms with Crippen LogP contribution >= 0.6 is 0 Å². The van der Waals surface area contributed by atoms with Gasteiger partial charge in [-0.15, -0.1) is 0 Å². The van der Waals surface area contributed by atoms with Crippen molar-refractivity contribution in [2.24, 2.45) is 0 Å². The van der Waals surface area contributed by atoms with Gasteiger partial charge in [-0.3, -0.25) is 19.6 Å². The SMILES string of the molecule is O=C(Nc1cccc([N+](=O)[O-])c1)c1ccccc1NS(=O)(=O)c1ccc2c(c1)OCCO2. The van der Waals surface area contributed by atoms with E-state index in [2.05, 4.69) is 10.0 Å². The largest absolute Gasteiger partial charge is 0.486 e. The van der Waals surface area contributed by atoms with Crippen LogP contribution in [0.25, 0.3) is 0 Å². The van der Waals surface area contributed by atoms with E-state index in [1.807, 2.05) is 0 Å². The number of amides is 1. The van der Waals surface area contributed by atoms with Crippen molar-refractivity contribution in [3.8, 4) is 11.5 Å². The molecule has 4 rings (SSSR count). The Morgan fingerprint density at radius 1 is 0.938 bits per heavy atom. The number of nitro benzene ring substituents is 1. The third-order valence-electron chi connectivity index (χ3n) is 4.55. The van der Waals surface area contributed by atoms with E-state index >= 15 is 0 Å². The van der Waals surface area contributed by atoms with Crippen molar-refractivity contribution in [3.05, 3.63) is 82.4 Å². The van der Waals surface area contributed by atoms with Gasteiger partial charge in [-0.2, -0.15) is 0 Å². The molecule has 0 unspecified atom stereocenters. The number of para-hydroxylation sites is 1. The Bertz CT molecular complexity index is 1310. The summed E-state index contributed by atoms with van der Waals surface area (Å²) >= 11 is 0. The number of anilines is 2. The van der Waals surface area contributed by atoms with Gasteiger partial charge in [0.2, 0.25) is 0 Å². The molecule has 0 saturated carbocycles. The number of carbonyl (C=O) groups excluding carboxylic acids is 1. The van der Waals surface area contributed by atoms with Gasteiger partial charge in [0.25, 0.3) is 21.6 Å². The number of sulfonamides is 1. The minimum Gasteiger partial charge on any atom is -0.486 e. The maximum absolute atomic E-state index is 12.9. The summed E-state index contributed by atoms with van der Waals surface area (Å²) in [6.07, 6.45) is 0. The van der Waals surface area contributed by atoms with E-state index in [0.717, 1.165) is 0 Å². The number of rotatable bonds is 6. The highest BCUT2D eigenvalue weighted by atomic mass is 32.2. The maximum atomic E-state index is 12.9. The van der Waals surface area contributed by atoms with E-state index < -0.39 is 20.9 Å². The predicted octanol–water partition coefficient (Wildman–Crippen LogP) is 3.42. The molecule has 0 saturated heterocycles. The van der Waals surface area contributed by atoms with E-state index in [1.165, 1.54) is 54.6 Å². The molecular formula is C21H17N3O7S. The summed E-state index contributed by atoms with van der Waals surface area (Å²) in [5.41, 5.74) is 0.106.